The summed E-state index contributed by atoms with van der Waals surface area (Å²) in [4.78, 5) is 37.2. The zero-order chi connectivity index (χ0) is 67.9. The van der Waals surface area contributed by atoms with E-state index < -0.39 is 81.0 Å². The number of nitriles is 1. The quantitative estimate of drug-likeness (QED) is 0.0811. The SMILES string of the molecule is Cc1cc(N)nc(-c2c(Cl)c3c4c(nc(OC[C@@]56CCCN5C[C@H](F)C6)nc4c2F)N2C[C@H]4CC[C@H](CN4)[C@H]2CO3)c1C(F)(F)F.Cc1cc(N)nc(-c2c(Cl)c3c4c(nc(OC[C@@]56CCCN5C[C@H](F)C6)nc4c2F)N2C[C@H]4CC[C@H](CN4CCCC#N)[C@H]2CO3)c1C(F)(F)F. The van der Waals surface area contributed by atoms with Gasteiger partial charge in [0, 0.05) is 70.6 Å². The Morgan fingerprint density at radius 2 is 1.16 bits per heavy atom. The van der Waals surface area contributed by atoms with Gasteiger partial charge >= 0.3 is 24.4 Å². The molecule has 18 rings (SSSR count). The monoisotopic (exact) mass is 1400 g/mol. The zero-order valence-corrected chi connectivity index (χ0v) is 54.7. The van der Waals surface area contributed by atoms with Gasteiger partial charge in [-0.15, -0.1) is 0 Å². The smallest absolute Gasteiger partial charge is 0.418 e. The van der Waals surface area contributed by atoms with E-state index in [4.69, 9.17) is 68.8 Å². The predicted molar refractivity (Wildman–Crippen MR) is 342 cm³/mol. The molecule has 31 heteroatoms. The van der Waals surface area contributed by atoms with E-state index in [2.05, 4.69) is 55.8 Å². The summed E-state index contributed by atoms with van der Waals surface area (Å²) in [7, 11) is 0. The van der Waals surface area contributed by atoms with E-state index in [1.807, 2.05) is 0 Å². The summed E-state index contributed by atoms with van der Waals surface area (Å²) >= 11 is 13.7. The minimum absolute atomic E-state index is 0.0156. The van der Waals surface area contributed by atoms with Crippen molar-refractivity contribution in [1.29, 1.82) is 5.26 Å². The highest BCUT2D eigenvalue weighted by Gasteiger charge is 2.53. The molecule has 0 saturated carbocycles. The molecule has 0 aliphatic carbocycles. The standard InChI is InChI=1S/C35H38ClF5N8O2.C31H33ClF5N7O2/c1-18-11-23(43)44-29(26(18)35(39,40)41)24-27(36)31-25-30(28(24)38)45-33(51-17-34-7-4-10-48(34)14-20(37)12-34)46-32(25)49-15-21-6-5-19(22(49)16-50-31)13-47(21)9-3-2-8-42;1-14-7-19(38)40-25(22(14)31(35,36)37)20-23(32)27-21-26(24(20)34)41-29(46-13-30-5-2-6-43(30)10-16(33)8-30)42-28(21)44-11-17-4-3-15(9-39-17)18(44)12-45-27/h11,19-22H,2-7,9-10,12-17H2,1H3,(H2,43,44);7,15-18,39H,2-6,8-13H2,1H3,(H2,38,40)/t19-,20-,21-,22-,34+;15-,16-,17-,18-,30+/m11/s1. The fourth-order valence-electron chi connectivity index (χ4n) is 17.7. The topological polar surface area (TPSA) is 218 Å². The molecule has 0 radical (unpaired) electrons. The van der Waals surface area contributed by atoms with Crippen LogP contribution in [0, 0.1) is 48.6 Å². The van der Waals surface area contributed by atoms with Gasteiger partial charge in [0.1, 0.15) is 73.1 Å². The summed E-state index contributed by atoms with van der Waals surface area (Å²) in [6.07, 6.45) is -3.07. The van der Waals surface area contributed by atoms with E-state index in [1.165, 1.54) is 13.8 Å². The van der Waals surface area contributed by atoms with E-state index in [9.17, 15) is 35.1 Å². The van der Waals surface area contributed by atoms with Crippen LogP contribution >= 0.6 is 23.2 Å². The Balaban J connectivity index is 0.000000160. The highest BCUT2D eigenvalue weighted by atomic mass is 35.5. The van der Waals surface area contributed by atoms with Gasteiger partial charge in [-0.1, -0.05) is 23.2 Å². The van der Waals surface area contributed by atoms with Crippen LogP contribution in [0.5, 0.6) is 23.5 Å². The van der Waals surface area contributed by atoms with E-state index in [1.54, 1.807) is 0 Å². The minimum Gasteiger partial charge on any atom is -0.489 e. The molecule has 0 amide bonds. The Hall–Kier alpha value is -6.97. The van der Waals surface area contributed by atoms with Gasteiger partial charge in [0.05, 0.1) is 83.7 Å². The molecule has 4 aromatic heterocycles. The fraction of sp³-hybridized carbons (Fsp3) is 0.591. The van der Waals surface area contributed by atoms with Crippen LogP contribution in [-0.4, -0.2) is 178 Å². The summed E-state index contributed by atoms with van der Waals surface area (Å²) in [5.74, 6) is -1.84. The minimum atomic E-state index is -4.91. The molecule has 10 saturated heterocycles. The number of aromatic nitrogens is 6. The molecule has 19 nitrogen and oxygen atoms in total. The molecule has 0 unspecified atom stereocenters. The lowest BCUT2D eigenvalue weighted by Crippen LogP contribution is -2.45. The predicted octanol–water partition coefficient (Wildman–Crippen LogP) is 11.6. The van der Waals surface area contributed by atoms with Gasteiger partial charge in [-0.2, -0.15) is 51.5 Å². The summed E-state index contributed by atoms with van der Waals surface area (Å²) in [6, 6.07) is 3.90. The van der Waals surface area contributed by atoms with Gasteiger partial charge in [-0.05, 0) is 126 Å². The molecule has 5 N–H and O–H groups in total. The number of anilines is 4. The molecule has 12 aliphatic heterocycles. The molecule has 6 aromatic rings. The van der Waals surface area contributed by atoms with Crippen LogP contribution in [0.15, 0.2) is 12.1 Å². The second-order valence-corrected chi connectivity index (χ2v) is 28.7. The lowest BCUT2D eigenvalue weighted by atomic mass is 9.90. The van der Waals surface area contributed by atoms with Crippen LogP contribution in [0.2, 0.25) is 10.0 Å². The number of hydrogen-bond donors (Lipinski definition) is 3. The van der Waals surface area contributed by atoms with Crippen LogP contribution in [0.25, 0.3) is 44.3 Å². The van der Waals surface area contributed by atoms with Crippen LogP contribution in [0.3, 0.4) is 0 Å². The highest BCUT2D eigenvalue weighted by Crippen LogP contribution is 2.55. The van der Waals surface area contributed by atoms with Crippen LogP contribution in [0.4, 0.5) is 67.2 Å². The number of nitrogens with one attached hydrogen (secondary N) is 1. The maximum Gasteiger partial charge on any atom is 0.418 e. The van der Waals surface area contributed by atoms with Crippen LogP contribution < -0.4 is 45.5 Å². The number of alkyl halides is 8. The summed E-state index contributed by atoms with van der Waals surface area (Å²) < 4.78 is 175. The first-order chi connectivity index (χ1) is 46.3. The molecule has 10 fully saturated rings. The van der Waals surface area contributed by atoms with Crippen molar-refractivity contribution in [2.24, 2.45) is 11.8 Å². The Morgan fingerprint density at radius 3 is 1.65 bits per heavy atom. The third-order valence-electron chi connectivity index (χ3n) is 22.1. The average Bonchev–Trinajstić information content (AvgIpc) is 1.71. The highest BCUT2D eigenvalue weighted by molar-refractivity contribution is 6.37. The average molecular weight is 1400 g/mol. The Bertz CT molecular complexity index is 4190. The zero-order valence-electron chi connectivity index (χ0n) is 53.1. The van der Waals surface area contributed by atoms with Crippen molar-refractivity contribution >= 4 is 68.3 Å². The van der Waals surface area contributed by atoms with E-state index >= 15 is 8.78 Å². The van der Waals surface area contributed by atoms with E-state index in [0.29, 0.717) is 57.1 Å². The second-order valence-electron chi connectivity index (χ2n) is 27.9. The van der Waals surface area contributed by atoms with Gasteiger partial charge < -0.3 is 45.5 Å². The van der Waals surface area contributed by atoms with Crippen molar-refractivity contribution in [3.8, 4) is 52.1 Å². The number of rotatable bonds is 11. The first kappa shape index (κ1) is 65.9. The number of fused-ring (bicyclic) bond motifs is 6. The van der Waals surface area contributed by atoms with Gasteiger partial charge in [-0.25, -0.2) is 27.5 Å². The number of piperidine rings is 2. The van der Waals surface area contributed by atoms with Gasteiger partial charge in [-0.3, -0.25) is 14.7 Å². The van der Waals surface area contributed by atoms with Crippen molar-refractivity contribution in [3.63, 3.8) is 0 Å². The lowest BCUT2D eigenvalue weighted by Gasteiger charge is -2.36. The fourth-order valence-corrected chi connectivity index (χ4v) is 18.3. The van der Waals surface area contributed by atoms with Crippen molar-refractivity contribution in [2.45, 2.75) is 151 Å². The van der Waals surface area contributed by atoms with E-state index in [0.717, 1.165) is 103 Å². The molecule has 2 aromatic carbocycles. The lowest BCUT2D eigenvalue weighted by molar-refractivity contribution is -0.138. The Kier molecular flexibility index (Phi) is 16.8. The number of pyridine rings is 2. The van der Waals surface area contributed by atoms with Crippen molar-refractivity contribution in [1.82, 2.24) is 49.9 Å². The molecule has 97 heavy (non-hydrogen) atoms. The largest absolute Gasteiger partial charge is 0.489 e. The van der Waals surface area contributed by atoms with Gasteiger partial charge in [0.15, 0.2) is 23.1 Å². The van der Waals surface area contributed by atoms with Crippen LogP contribution in [0.1, 0.15) is 99.3 Å². The number of aryl methyl sites for hydroxylation is 2. The number of nitrogens with zero attached hydrogens (tertiary/aromatic N) is 12. The Labute approximate surface area is 561 Å². The molecule has 4 bridgehead atoms. The first-order valence-corrected chi connectivity index (χ1v) is 33.9. The van der Waals surface area contributed by atoms with Crippen molar-refractivity contribution < 1.29 is 62.9 Å². The summed E-state index contributed by atoms with van der Waals surface area (Å²) in [6.45, 7) is 8.33. The summed E-state index contributed by atoms with van der Waals surface area (Å²) in [5, 5.41) is 12.2. The number of ether oxygens (including phenoxy) is 4. The maximum atomic E-state index is 17.1. The van der Waals surface area contributed by atoms with Gasteiger partial charge in [0.25, 0.3) is 0 Å². The first-order valence-electron chi connectivity index (χ1n) is 33.1. The number of hydrogen-bond acceptors (Lipinski definition) is 19. The number of nitrogen functional groups attached to an aromatic ring is 2. The van der Waals surface area contributed by atoms with Crippen molar-refractivity contribution in [3.05, 3.63) is 56.1 Å². The number of benzene rings is 2. The molecular weight excluding hydrogens is 1330 g/mol. The molecule has 12 aliphatic rings. The molecule has 16 heterocycles. The number of halogens is 12. The number of unbranched alkanes of at least 4 members (excludes halogenated alkanes) is 1. The molecule has 518 valence electrons. The van der Waals surface area contributed by atoms with Gasteiger partial charge in [0.2, 0.25) is 0 Å². The second kappa shape index (κ2) is 24.7. The molecule has 0 spiro atoms. The maximum absolute atomic E-state index is 17.1. The Morgan fingerprint density at radius 1 is 0.670 bits per heavy atom. The number of nitrogens with two attached hydrogens (primary N) is 2. The van der Waals surface area contributed by atoms with Crippen molar-refractivity contribution in [2.75, 3.05) is 107 Å². The normalized spacial score (nSPS) is 28.2. The van der Waals surface area contributed by atoms with E-state index in [-0.39, 0.29) is 141 Å². The van der Waals surface area contributed by atoms with Crippen LogP contribution in [-0.2, 0) is 12.4 Å². The molecule has 10 atom stereocenters. The third kappa shape index (κ3) is 11.4. The third-order valence-corrected chi connectivity index (χ3v) is 22.8. The summed E-state index contributed by atoms with van der Waals surface area (Å²) in [5.41, 5.74) is 4.56. The molecular formula is C66H71Cl2F10N15O4.